The lowest BCUT2D eigenvalue weighted by Gasteiger charge is -2.29. The molecule has 0 spiro atoms. The van der Waals surface area contributed by atoms with E-state index in [2.05, 4.69) is 68.7 Å². The molecule has 1 unspecified atom stereocenters. The van der Waals surface area contributed by atoms with Crippen LogP contribution < -0.4 is 10.2 Å². The Morgan fingerprint density at radius 2 is 1.96 bits per heavy atom. The van der Waals surface area contributed by atoms with Crippen LogP contribution >= 0.6 is 22.6 Å². The zero-order chi connectivity index (χ0) is 18.5. The molecule has 2 aliphatic heterocycles. The van der Waals surface area contributed by atoms with E-state index in [9.17, 15) is 4.79 Å². The number of hydrogen-bond donors (Lipinski definition) is 1. The molecule has 25 heavy (non-hydrogen) atoms. The highest BCUT2D eigenvalue weighted by Gasteiger charge is 2.09. The van der Waals surface area contributed by atoms with Crippen LogP contribution in [0.4, 0.5) is 5.69 Å². The molecule has 5 nitrogen and oxygen atoms in total. The maximum Gasteiger partial charge on any atom is 0.302 e. The van der Waals surface area contributed by atoms with E-state index in [1.165, 1.54) is 29.0 Å². The van der Waals surface area contributed by atoms with Crippen molar-refractivity contribution in [1.29, 1.82) is 0 Å². The number of benzene rings is 1. The van der Waals surface area contributed by atoms with Crippen molar-refractivity contribution in [3.05, 3.63) is 27.8 Å². The first-order valence-corrected chi connectivity index (χ1v) is 10.1. The minimum absolute atomic E-state index is 0.211. The molecule has 2 fully saturated rings. The molecule has 1 N–H and O–H groups in total. The fourth-order valence-electron chi connectivity index (χ4n) is 2.52. The van der Waals surface area contributed by atoms with E-state index in [-0.39, 0.29) is 5.97 Å². The van der Waals surface area contributed by atoms with E-state index in [0.717, 1.165) is 32.8 Å². The van der Waals surface area contributed by atoms with Gasteiger partial charge in [-0.05, 0) is 73.5 Å². The number of rotatable bonds is 2. The number of piperazine rings is 1. The van der Waals surface area contributed by atoms with Gasteiger partial charge in [0.15, 0.2) is 0 Å². The summed E-state index contributed by atoms with van der Waals surface area (Å²) < 4.78 is 10.9. The van der Waals surface area contributed by atoms with Crippen molar-refractivity contribution in [2.24, 2.45) is 0 Å². The molecule has 0 aromatic heterocycles. The SMILES string of the molecule is CC1CCCO1.CCOC(C)=O.Ic1ccc(N2CCNCC2)cc1. The average molecular weight is 462 g/mol. The molecule has 0 aliphatic carbocycles. The van der Waals surface area contributed by atoms with E-state index in [0.29, 0.717) is 12.7 Å². The number of carbonyl (C=O) groups excluding carboxylic acids is 1. The summed E-state index contributed by atoms with van der Waals surface area (Å²) in [7, 11) is 0. The van der Waals surface area contributed by atoms with Crippen molar-refractivity contribution in [1.82, 2.24) is 5.32 Å². The van der Waals surface area contributed by atoms with Crippen LogP contribution in [0.1, 0.15) is 33.6 Å². The Bertz CT molecular complexity index is 470. The second-order valence-electron chi connectivity index (χ2n) is 5.96. The lowest BCUT2D eigenvalue weighted by molar-refractivity contribution is -0.140. The predicted molar refractivity (Wildman–Crippen MR) is 111 cm³/mol. The molecule has 142 valence electrons. The first kappa shape index (κ1) is 22.2. The first-order valence-electron chi connectivity index (χ1n) is 8.99. The van der Waals surface area contributed by atoms with Crippen LogP contribution in [0.15, 0.2) is 24.3 Å². The van der Waals surface area contributed by atoms with Crippen molar-refractivity contribution < 1.29 is 14.3 Å². The Hall–Kier alpha value is -0.860. The molecule has 1 aromatic rings. The Morgan fingerprint density at radius 3 is 2.32 bits per heavy atom. The minimum atomic E-state index is -0.211. The summed E-state index contributed by atoms with van der Waals surface area (Å²) in [4.78, 5) is 12.2. The van der Waals surface area contributed by atoms with Gasteiger partial charge in [0.05, 0.1) is 12.7 Å². The van der Waals surface area contributed by atoms with Gasteiger partial charge in [0.1, 0.15) is 0 Å². The van der Waals surface area contributed by atoms with Gasteiger partial charge in [-0.2, -0.15) is 0 Å². The van der Waals surface area contributed by atoms with Crippen LogP contribution in [0.25, 0.3) is 0 Å². The third-order valence-electron chi connectivity index (χ3n) is 3.81. The van der Waals surface area contributed by atoms with Crippen LogP contribution in [0.5, 0.6) is 0 Å². The van der Waals surface area contributed by atoms with Crippen LogP contribution in [0.3, 0.4) is 0 Å². The van der Waals surface area contributed by atoms with Gasteiger partial charge < -0.3 is 19.7 Å². The second-order valence-corrected chi connectivity index (χ2v) is 7.21. The monoisotopic (exact) mass is 462 g/mol. The van der Waals surface area contributed by atoms with Gasteiger partial charge in [0, 0.05) is 49.0 Å². The number of ether oxygens (including phenoxy) is 2. The average Bonchev–Trinajstić information content (AvgIpc) is 3.08. The highest BCUT2D eigenvalue weighted by Crippen LogP contribution is 2.16. The molecule has 0 bridgehead atoms. The topological polar surface area (TPSA) is 50.8 Å². The zero-order valence-electron chi connectivity index (χ0n) is 15.6. The van der Waals surface area contributed by atoms with Crippen molar-refractivity contribution in [2.75, 3.05) is 44.3 Å². The molecular weight excluding hydrogens is 431 g/mol. The largest absolute Gasteiger partial charge is 0.466 e. The van der Waals surface area contributed by atoms with Gasteiger partial charge in [-0.15, -0.1) is 0 Å². The van der Waals surface area contributed by atoms with E-state index < -0.39 is 0 Å². The van der Waals surface area contributed by atoms with E-state index in [1.54, 1.807) is 6.92 Å². The highest BCUT2D eigenvalue weighted by molar-refractivity contribution is 14.1. The molecule has 3 rings (SSSR count). The number of esters is 1. The maximum absolute atomic E-state index is 9.82. The molecule has 0 radical (unpaired) electrons. The van der Waals surface area contributed by atoms with Crippen molar-refractivity contribution in [3.63, 3.8) is 0 Å². The molecule has 2 aliphatic rings. The normalized spacial score (nSPS) is 19.2. The Kier molecular flexibility index (Phi) is 11.9. The summed E-state index contributed by atoms with van der Waals surface area (Å²) >= 11 is 2.34. The standard InChI is InChI=1S/C10H13IN2.C5H10O.C4H8O2/c11-9-1-3-10(4-2-9)13-7-5-12-6-8-13;1-5-3-2-4-6-5;1-3-6-4(2)5/h1-4,12H,5-8H2;5H,2-4H2,1H3;3H2,1-2H3. The summed E-state index contributed by atoms with van der Waals surface area (Å²) in [5.41, 5.74) is 1.35. The zero-order valence-corrected chi connectivity index (χ0v) is 17.8. The van der Waals surface area contributed by atoms with E-state index in [1.807, 2.05) is 0 Å². The fraction of sp³-hybridized carbons (Fsp3) is 0.632. The molecule has 1 aromatic carbocycles. The molecular formula is C19H31IN2O3. The van der Waals surface area contributed by atoms with Gasteiger partial charge in [-0.1, -0.05) is 0 Å². The van der Waals surface area contributed by atoms with Crippen LogP contribution in [0, 0.1) is 3.57 Å². The third kappa shape index (κ3) is 10.7. The molecule has 1 atom stereocenters. The number of anilines is 1. The fourth-order valence-corrected chi connectivity index (χ4v) is 2.88. The lowest BCUT2D eigenvalue weighted by Crippen LogP contribution is -2.43. The van der Waals surface area contributed by atoms with Gasteiger partial charge >= 0.3 is 5.97 Å². The van der Waals surface area contributed by atoms with E-state index >= 15 is 0 Å². The number of hydrogen-bond acceptors (Lipinski definition) is 5. The van der Waals surface area contributed by atoms with Crippen LogP contribution in [-0.4, -0.2) is 51.5 Å². The predicted octanol–water partition coefficient (Wildman–Crippen LogP) is 3.46. The summed E-state index contributed by atoms with van der Waals surface area (Å²) in [6, 6.07) is 8.73. The smallest absolute Gasteiger partial charge is 0.302 e. The van der Waals surface area contributed by atoms with Gasteiger partial charge in [0.25, 0.3) is 0 Å². The number of halogens is 1. The van der Waals surface area contributed by atoms with Gasteiger partial charge in [-0.3, -0.25) is 4.79 Å². The third-order valence-corrected chi connectivity index (χ3v) is 4.53. The van der Waals surface area contributed by atoms with Crippen molar-refractivity contribution >= 4 is 34.2 Å². The van der Waals surface area contributed by atoms with Crippen LogP contribution in [-0.2, 0) is 14.3 Å². The molecule has 0 amide bonds. The van der Waals surface area contributed by atoms with Crippen molar-refractivity contribution in [2.45, 2.75) is 39.7 Å². The number of nitrogens with zero attached hydrogens (tertiary/aromatic N) is 1. The van der Waals surface area contributed by atoms with Crippen molar-refractivity contribution in [3.8, 4) is 0 Å². The van der Waals surface area contributed by atoms with Gasteiger partial charge in [0.2, 0.25) is 0 Å². The second kappa shape index (κ2) is 13.4. The molecule has 2 heterocycles. The maximum atomic E-state index is 9.82. The lowest BCUT2D eigenvalue weighted by atomic mass is 10.2. The molecule has 0 saturated carbocycles. The minimum Gasteiger partial charge on any atom is -0.466 e. The summed E-state index contributed by atoms with van der Waals surface area (Å²) in [5, 5.41) is 3.35. The Morgan fingerprint density at radius 1 is 1.32 bits per heavy atom. The summed E-state index contributed by atoms with van der Waals surface area (Å²) in [6.07, 6.45) is 3.08. The Labute approximate surface area is 165 Å². The molecule has 6 heteroatoms. The summed E-state index contributed by atoms with van der Waals surface area (Å²) in [6.45, 7) is 11.2. The number of carbonyl (C=O) groups is 1. The summed E-state index contributed by atoms with van der Waals surface area (Å²) in [5.74, 6) is -0.211. The Balaban J connectivity index is 0.000000218. The molecule has 2 saturated heterocycles. The van der Waals surface area contributed by atoms with E-state index in [4.69, 9.17) is 4.74 Å². The van der Waals surface area contributed by atoms with Gasteiger partial charge in [-0.25, -0.2) is 0 Å². The highest BCUT2D eigenvalue weighted by atomic mass is 127. The first-order chi connectivity index (χ1) is 12.0. The quantitative estimate of drug-likeness (QED) is 0.539. The number of nitrogens with one attached hydrogen (secondary N) is 1. The van der Waals surface area contributed by atoms with Crippen LogP contribution in [0.2, 0.25) is 0 Å².